The Kier molecular flexibility index (Phi) is 3.97. The Labute approximate surface area is 143 Å². The maximum absolute atomic E-state index is 12.4. The van der Waals surface area contributed by atoms with Gasteiger partial charge in [-0.1, -0.05) is 5.57 Å². The highest BCUT2D eigenvalue weighted by atomic mass is 16.1. The van der Waals surface area contributed by atoms with E-state index in [4.69, 9.17) is 0 Å². The van der Waals surface area contributed by atoms with Gasteiger partial charge in [-0.2, -0.15) is 0 Å². The normalized spacial score (nSPS) is 34.6. The summed E-state index contributed by atoms with van der Waals surface area (Å²) in [6.45, 7) is 5.49. The molecule has 0 aromatic carbocycles. The third-order valence-electron chi connectivity index (χ3n) is 6.68. The fraction of sp³-hybridized carbons (Fsp3) is 0.737. The molecule has 5 heteroatoms. The molecule has 0 saturated heterocycles. The van der Waals surface area contributed by atoms with Gasteiger partial charge < -0.3 is 9.88 Å². The third-order valence-corrected chi connectivity index (χ3v) is 6.68. The molecule has 0 unspecified atom stereocenters. The summed E-state index contributed by atoms with van der Waals surface area (Å²) in [7, 11) is 0. The Morgan fingerprint density at radius 2 is 1.92 bits per heavy atom. The van der Waals surface area contributed by atoms with Gasteiger partial charge in [-0.05, 0) is 75.5 Å². The van der Waals surface area contributed by atoms with E-state index in [0.717, 1.165) is 30.1 Å². The van der Waals surface area contributed by atoms with Crippen molar-refractivity contribution in [2.24, 2.45) is 23.2 Å². The fourth-order valence-corrected chi connectivity index (χ4v) is 5.84. The van der Waals surface area contributed by atoms with Crippen LogP contribution < -0.4 is 5.32 Å². The van der Waals surface area contributed by atoms with Gasteiger partial charge in [0.1, 0.15) is 6.33 Å². The van der Waals surface area contributed by atoms with Crippen LogP contribution in [0.2, 0.25) is 0 Å². The van der Waals surface area contributed by atoms with Gasteiger partial charge in [-0.15, -0.1) is 10.2 Å². The van der Waals surface area contributed by atoms with E-state index in [2.05, 4.69) is 22.4 Å². The highest BCUT2D eigenvalue weighted by Gasteiger charge is 2.51. The molecule has 1 N–H and O–H groups in total. The van der Waals surface area contributed by atoms with Gasteiger partial charge in [-0.3, -0.25) is 4.79 Å². The second kappa shape index (κ2) is 6.01. The number of carbonyl (C=O) groups excluding carboxylic acids is 1. The molecule has 0 spiro atoms. The molecule has 5 nitrogen and oxygen atoms in total. The van der Waals surface area contributed by atoms with Crippen molar-refractivity contribution in [1.82, 2.24) is 20.1 Å². The summed E-state index contributed by atoms with van der Waals surface area (Å²) >= 11 is 0. The summed E-state index contributed by atoms with van der Waals surface area (Å²) in [6.07, 6.45) is 11.8. The lowest BCUT2D eigenvalue weighted by Gasteiger charge is -2.57. The molecule has 1 aromatic heterocycles. The van der Waals surface area contributed by atoms with Crippen LogP contribution in [0.4, 0.5) is 0 Å². The number of hydrogen-bond acceptors (Lipinski definition) is 3. The van der Waals surface area contributed by atoms with E-state index in [1.165, 1.54) is 44.1 Å². The van der Waals surface area contributed by atoms with Crippen molar-refractivity contribution in [1.29, 1.82) is 0 Å². The summed E-state index contributed by atoms with van der Waals surface area (Å²) in [6, 6.07) is 0. The zero-order chi connectivity index (χ0) is 16.7. The first-order chi connectivity index (χ1) is 11.6. The van der Waals surface area contributed by atoms with E-state index >= 15 is 0 Å². The number of hydrogen-bond donors (Lipinski definition) is 1. The maximum Gasteiger partial charge on any atom is 0.244 e. The van der Waals surface area contributed by atoms with Crippen LogP contribution >= 0.6 is 0 Å². The van der Waals surface area contributed by atoms with E-state index in [0.29, 0.717) is 12.0 Å². The summed E-state index contributed by atoms with van der Waals surface area (Å²) in [5.74, 6) is 3.54. The average Bonchev–Trinajstić information content (AvgIpc) is 2.99. The maximum atomic E-state index is 12.4. The summed E-state index contributed by atoms with van der Waals surface area (Å²) in [5.41, 5.74) is 1.62. The molecule has 5 rings (SSSR count). The molecule has 130 valence electrons. The highest BCUT2D eigenvalue weighted by Crippen LogP contribution is 2.62. The zero-order valence-electron chi connectivity index (χ0n) is 14.8. The van der Waals surface area contributed by atoms with Gasteiger partial charge in [-0.25, -0.2) is 0 Å². The first-order valence-electron chi connectivity index (χ1n) is 9.41. The Balaban J connectivity index is 1.42. The molecule has 24 heavy (non-hydrogen) atoms. The molecule has 4 bridgehead atoms. The lowest BCUT2D eigenvalue weighted by atomic mass is 9.48. The topological polar surface area (TPSA) is 59.8 Å². The first-order valence-corrected chi connectivity index (χ1v) is 9.41. The lowest BCUT2D eigenvalue weighted by Crippen LogP contribution is -2.46. The monoisotopic (exact) mass is 328 g/mol. The predicted molar refractivity (Wildman–Crippen MR) is 91.9 cm³/mol. The molecule has 1 amide bonds. The van der Waals surface area contributed by atoms with E-state index in [1.807, 2.05) is 17.6 Å². The number of amides is 1. The quantitative estimate of drug-likeness (QED) is 0.845. The highest BCUT2D eigenvalue weighted by molar-refractivity contribution is 5.88. The number of aromatic nitrogens is 3. The molecule has 4 fully saturated rings. The molecule has 4 saturated carbocycles. The van der Waals surface area contributed by atoms with E-state index in [1.54, 1.807) is 6.33 Å². The van der Waals surface area contributed by atoms with Crippen molar-refractivity contribution >= 4 is 5.91 Å². The molecular weight excluding hydrogens is 300 g/mol. The summed E-state index contributed by atoms with van der Waals surface area (Å²) in [4.78, 5) is 12.4. The molecule has 1 heterocycles. The Hall–Kier alpha value is -1.65. The molecule has 4 aliphatic carbocycles. The Morgan fingerprint density at radius 1 is 1.29 bits per heavy atom. The number of allylic oxidation sites excluding steroid dienone is 1. The van der Waals surface area contributed by atoms with Crippen LogP contribution in [0.15, 0.2) is 18.0 Å². The summed E-state index contributed by atoms with van der Waals surface area (Å²) in [5, 5.41) is 11.0. The predicted octanol–water partition coefficient (Wildman–Crippen LogP) is 3.08. The minimum atomic E-state index is 0.00824. The zero-order valence-corrected chi connectivity index (χ0v) is 14.8. The van der Waals surface area contributed by atoms with Crippen LogP contribution in [-0.4, -0.2) is 20.7 Å². The van der Waals surface area contributed by atoms with Crippen LogP contribution in [0.5, 0.6) is 0 Å². The molecular formula is C19H28N4O. The van der Waals surface area contributed by atoms with Gasteiger partial charge in [0.15, 0.2) is 5.82 Å². The number of nitrogens with zero attached hydrogens (tertiary/aromatic N) is 3. The average molecular weight is 328 g/mol. The molecule has 0 radical (unpaired) electrons. The van der Waals surface area contributed by atoms with Gasteiger partial charge in [0, 0.05) is 12.6 Å². The van der Waals surface area contributed by atoms with Gasteiger partial charge in [0.25, 0.3) is 0 Å². The number of nitrogens with one attached hydrogen (secondary N) is 1. The second-order valence-electron chi connectivity index (χ2n) is 8.28. The van der Waals surface area contributed by atoms with Crippen molar-refractivity contribution < 1.29 is 4.79 Å². The molecule has 0 atom stereocenters. The number of aryl methyl sites for hydroxylation is 1. The lowest BCUT2D eigenvalue weighted by molar-refractivity contribution is -0.117. The van der Waals surface area contributed by atoms with E-state index < -0.39 is 0 Å². The van der Waals surface area contributed by atoms with Crippen molar-refractivity contribution in [3.05, 3.63) is 23.8 Å². The summed E-state index contributed by atoms with van der Waals surface area (Å²) < 4.78 is 1.95. The van der Waals surface area contributed by atoms with Gasteiger partial charge in [0.05, 0.1) is 6.54 Å². The van der Waals surface area contributed by atoms with Crippen LogP contribution in [0.25, 0.3) is 0 Å². The van der Waals surface area contributed by atoms with Crippen molar-refractivity contribution in [2.75, 3.05) is 0 Å². The number of carbonyl (C=O) groups is 1. The minimum absolute atomic E-state index is 0.00824. The van der Waals surface area contributed by atoms with Crippen molar-refractivity contribution in [3.8, 4) is 0 Å². The fourth-order valence-electron chi connectivity index (χ4n) is 5.84. The third kappa shape index (κ3) is 2.78. The largest absolute Gasteiger partial charge is 0.345 e. The number of rotatable bonds is 5. The van der Waals surface area contributed by atoms with Crippen LogP contribution in [-0.2, 0) is 17.9 Å². The Bertz CT molecular complexity index is 625. The minimum Gasteiger partial charge on any atom is -0.345 e. The van der Waals surface area contributed by atoms with E-state index in [9.17, 15) is 4.79 Å². The SMILES string of the molecule is CCn1cnnc1CNC(=O)/C=C(/C)C12CC3CC(CC(C3)C1)C2. The van der Waals surface area contributed by atoms with Crippen molar-refractivity contribution in [3.63, 3.8) is 0 Å². The van der Waals surface area contributed by atoms with Crippen LogP contribution in [0.3, 0.4) is 0 Å². The molecule has 4 aliphatic rings. The Morgan fingerprint density at radius 3 is 2.50 bits per heavy atom. The van der Waals surface area contributed by atoms with Gasteiger partial charge in [0.2, 0.25) is 5.91 Å². The standard InChI is InChI=1S/C19H28N4O/c1-3-23-12-21-22-17(23)11-20-18(24)4-13(2)19-8-14-5-15(9-19)7-16(6-14)10-19/h4,12,14-16H,3,5-11H2,1-2H3,(H,20,24)/b13-4-. The van der Waals surface area contributed by atoms with Gasteiger partial charge >= 0.3 is 0 Å². The van der Waals surface area contributed by atoms with Crippen LogP contribution in [0, 0.1) is 23.2 Å². The van der Waals surface area contributed by atoms with Crippen LogP contribution in [0.1, 0.15) is 58.2 Å². The smallest absolute Gasteiger partial charge is 0.244 e. The molecule has 0 aliphatic heterocycles. The van der Waals surface area contributed by atoms with Crippen molar-refractivity contribution in [2.45, 2.75) is 65.5 Å². The van der Waals surface area contributed by atoms with E-state index in [-0.39, 0.29) is 5.91 Å². The molecule has 1 aromatic rings. The first kappa shape index (κ1) is 15.9. The second-order valence-corrected chi connectivity index (χ2v) is 8.28.